The second kappa shape index (κ2) is 9.04. The Bertz CT molecular complexity index is 177. The van der Waals surface area contributed by atoms with Crippen molar-refractivity contribution in [2.24, 2.45) is 0 Å². The Kier molecular flexibility index (Phi) is 10.1. The average molecular weight is 184 g/mol. The first-order chi connectivity index (χ1) is 5.91. The molecule has 0 amide bonds. The highest BCUT2D eigenvalue weighted by Gasteiger charge is 1.99. The van der Waals surface area contributed by atoms with Gasteiger partial charge in [0.25, 0.3) is 0 Å². The van der Waals surface area contributed by atoms with Gasteiger partial charge in [-0.05, 0) is 27.2 Å². The third-order valence-electron chi connectivity index (χ3n) is 0.786. The summed E-state index contributed by atoms with van der Waals surface area (Å²) in [5.74, 6) is -0.295. The van der Waals surface area contributed by atoms with E-state index < -0.39 is 0 Å². The van der Waals surface area contributed by atoms with Gasteiger partial charge in [0, 0.05) is 5.57 Å². The third-order valence-corrected chi connectivity index (χ3v) is 0.786. The van der Waals surface area contributed by atoms with E-state index in [0.29, 0.717) is 12.2 Å². The highest BCUT2D eigenvalue weighted by Crippen LogP contribution is 1.91. The number of hydrogen-bond donors (Lipinski definition) is 0. The number of carbonyl (C=O) groups excluding carboxylic acids is 1. The molecule has 0 unspecified atom stereocenters. The lowest BCUT2D eigenvalue weighted by Crippen LogP contribution is -2.04. The molecular weight excluding hydrogens is 164 g/mol. The summed E-state index contributed by atoms with van der Waals surface area (Å²) in [6.45, 7) is 15.0. The van der Waals surface area contributed by atoms with Crippen LogP contribution < -0.4 is 0 Å². The van der Waals surface area contributed by atoms with Crippen LogP contribution in [0.5, 0.6) is 0 Å². The van der Waals surface area contributed by atoms with Gasteiger partial charge in [-0.1, -0.05) is 19.1 Å². The van der Waals surface area contributed by atoms with Gasteiger partial charge in [-0.25, -0.2) is 4.79 Å². The predicted molar refractivity (Wildman–Crippen MR) is 56.6 cm³/mol. The van der Waals surface area contributed by atoms with Crippen molar-refractivity contribution in [3.8, 4) is 0 Å². The Morgan fingerprint density at radius 1 is 1.23 bits per heavy atom. The molecule has 0 atom stereocenters. The van der Waals surface area contributed by atoms with Crippen molar-refractivity contribution in [1.82, 2.24) is 0 Å². The molecule has 76 valence electrons. The van der Waals surface area contributed by atoms with Gasteiger partial charge in [-0.15, -0.1) is 6.58 Å². The molecule has 0 aromatic rings. The second-order valence-electron chi connectivity index (χ2n) is 3.12. The number of allylic oxidation sites excluding steroid dienone is 1. The van der Waals surface area contributed by atoms with E-state index in [2.05, 4.69) is 13.2 Å². The molecule has 0 rings (SSSR count). The monoisotopic (exact) mass is 184 g/mol. The fourth-order valence-electron chi connectivity index (χ4n) is 0.318. The minimum Gasteiger partial charge on any atom is -0.462 e. The topological polar surface area (TPSA) is 26.3 Å². The largest absolute Gasteiger partial charge is 0.462 e. The molecule has 0 bridgehead atoms. The van der Waals surface area contributed by atoms with E-state index in [0.717, 1.165) is 6.42 Å². The number of carbonyl (C=O) groups is 1. The molecule has 0 aliphatic heterocycles. The van der Waals surface area contributed by atoms with E-state index in [1.807, 2.05) is 20.8 Å². The Balaban J connectivity index is 0. The zero-order valence-electron chi connectivity index (χ0n) is 9.14. The number of rotatable bonds is 3. The van der Waals surface area contributed by atoms with Crippen LogP contribution in [-0.4, -0.2) is 12.6 Å². The molecule has 0 spiro atoms. The maximum absolute atomic E-state index is 10.6. The fourth-order valence-corrected chi connectivity index (χ4v) is 0.318. The number of ether oxygens (including phenoxy) is 1. The standard InChI is InChI=1S/C7H12O2.C4H8/c1-4-5-9-7(8)6(2)3;1-4(2)3/h2,4-5H2,1,3H3;1H2,2-3H3. The summed E-state index contributed by atoms with van der Waals surface area (Å²) in [7, 11) is 0. The average Bonchev–Trinajstić information content (AvgIpc) is 1.98. The third kappa shape index (κ3) is 18.2. The molecule has 2 nitrogen and oxygen atoms in total. The molecule has 0 aliphatic carbocycles. The van der Waals surface area contributed by atoms with Gasteiger partial charge >= 0.3 is 5.97 Å². The first-order valence-corrected chi connectivity index (χ1v) is 4.36. The van der Waals surface area contributed by atoms with Crippen LogP contribution in [0.4, 0.5) is 0 Å². The molecule has 2 heteroatoms. The molecule has 0 aromatic heterocycles. The van der Waals surface area contributed by atoms with Gasteiger partial charge in [0.1, 0.15) is 0 Å². The lowest BCUT2D eigenvalue weighted by Gasteiger charge is -1.99. The van der Waals surface area contributed by atoms with Gasteiger partial charge in [-0.3, -0.25) is 0 Å². The van der Waals surface area contributed by atoms with E-state index >= 15 is 0 Å². The van der Waals surface area contributed by atoms with Gasteiger partial charge in [0.2, 0.25) is 0 Å². The van der Waals surface area contributed by atoms with Crippen LogP contribution in [0.15, 0.2) is 24.3 Å². The predicted octanol–water partition coefficient (Wildman–Crippen LogP) is 3.10. The van der Waals surface area contributed by atoms with Crippen LogP contribution in [0, 0.1) is 0 Å². The van der Waals surface area contributed by atoms with Crippen LogP contribution in [-0.2, 0) is 9.53 Å². The minimum atomic E-state index is -0.295. The smallest absolute Gasteiger partial charge is 0.333 e. The second-order valence-corrected chi connectivity index (χ2v) is 3.12. The summed E-state index contributed by atoms with van der Waals surface area (Å²) in [6.07, 6.45) is 0.860. The quantitative estimate of drug-likeness (QED) is 0.383. The van der Waals surface area contributed by atoms with Crippen molar-refractivity contribution in [3.63, 3.8) is 0 Å². The van der Waals surface area contributed by atoms with Crippen LogP contribution in [0.1, 0.15) is 34.1 Å². The molecular formula is C11H20O2. The molecule has 0 saturated heterocycles. The molecule has 13 heavy (non-hydrogen) atoms. The van der Waals surface area contributed by atoms with Gasteiger partial charge in [0.05, 0.1) is 6.61 Å². The Morgan fingerprint density at radius 2 is 1.62 bits per heavy atom. The zero-order valence-corrected chi connectivity index (χ0v) is 9.14. The summed E-state index contributed by atoms with van der Waals surface area (Å²) in [5.41, 5.74) is 1.63. The van der Waals surface area contributed by atoms with E-state index in [9.17, 15) is 4.79 Å². The summed E-state index contributed by atoms with van der Waals surface area (Å²) < 4.78 is 4.71. The Labute approximate surface area is 81.3 Å². The van der Waals surface area contributed by atoms with E-state index in [1.54, 1.807) is 6.92 Å². The molecule has 0 radical (unpaired) electrons. The lowest BCUT2D eigenvalue weighted by molar-refractivity contribution is -0.138. The van der Waals surface area contributed by atoms with Crippen LogP contribution in [0.25, 0.3) is 0 Å². The fraction of sp³-hybridized carbons (Fsp3) is 0.545. The molecule has 0 aliphatic rings. The zero-order chi connectivity index (χ0) is 10.9. The van der Waals surface area contributed by atoms with E-state index in [-0.39, 0.29) is 5.97 Å². The van der Waals surface area contributed by atoms with Gasteiger partial charge < -0.3 is 4.74 Å². The van der Waals surface area contributed by atoms with Gasteiger partial charge in [-0.2, -0.15) is 0 Å². The van der Waals surface area contributed by atoms with E-state index in [4.69, 9.17) is 4.74 Å². The first-order valence-electron chi connectivity index (χ1n) is 4.36. The van der Waals surface area contributed by atoms with Crippen LogP contribution in [0.2, 0.25) is 0 Å². The molecule has 0 aromatic carbocycles. The highest BCUT2D eigenvalue weighted by molar-refractivity contribution is 5.86. The molecule has 0 fully saturated rings. The molecule has 0 heterocycles. The van der Waals surface area contributed by atoms with Crippen molar-refractivity contribution in [3.05, 3.63) is 24.3 Å². The van der Waals surface area contributed by atoms with Crippen molar-refractivity contribution < 1.29 is 9.53 Å². The maximum atomic E-state index is 10.6. The summed E-state index contributed by atoms with van der Waals surface area (Å²) in [5, 5.41) is 0. The van der Waals surface area contributed by atoms with Crippen molar-refractivity contribution >= 4 is 5.97 Å². The highest BCUT2D eigenvalue weighted by atomic mass is 16.5. The van der Waals surface area contributed by atoms with Crippen molar-refractivity contribution in [2.75, 3.05) is 6.61 Å². The first kappa shape index (κ1) is 14.5. The number of hydrogen-bond acceptors (Lipinski definition) is 2. The maximum Gasteiger partial charge on any atom is 0.333 e. The molecule has 0 N–H and O–H groups in total. The van der Waals surface area contributed by atoms with E-state index in [1.165, 1.54) is 5.57 Å². The SMILES string of the molecule is C=C(C)C.C=C(C)C(=O)OCCC. The Hall–Kier alpha value is -1.05. The summed E-state index contributed by atoms with van der Waals surface area (Å²) in [6, 6.07) is 0. The molecule has 0 saturated carbocycles. The van der Waals surface area contributed by atoms with Crippen molar-refractivity contribution in [2.45, 2.75) is 34.1 Å². The minimum absolute atomic E-state index is 0.295. The normalized spacial score (nSPS) is 8.00. The van der Waals surface area contributed by atoms with Crippen LogP contribution in [0.3, 0.4) is 0 Å². The summed E-state index contributed by atoms with van der Waals surface area (Å²) >= 11 is 0. The number of esters is 1. The lowest BCUT2D eigenvalue weighted by atomic mass is 10.4. The van der Waals surface area contributed by atoms with Gasteiger partial charge in [0.15, 0.2) is 0 Å². The Morgan fingerprint density at radius 3 is 1.85 bits per heavy atom. The summed E-state index contributed by atoms with van der Waals surface area (Å²) in [4.78, 5) is 10.6. The van der Waals surface area contributed by atoms with Crippen LogP contribution >= 0.6 is 0 Å². The van der Waals surface area contributed by atoms with Crippen molar-refractivity contribution in [1.29, 1.82) is 0 Å².